The van der Waals surface area contributed by atoms with Gasteiger partial charge in [-0.05, 0) is 18.1 Å². The quantitative estimate of drug-likeness (QED) is 0.629. The van der Waals surface area contributed by atoms with Gasteiger partial charge < -0.3 is 10.1 Å². The smallest absolute Gasteiger partial charge is 0.262 e. The van der Waals surface area contributed by atoms with Crippen molar-refractivity contribution >= 4 is 23.6 Å². The number of rotatable bonds is 5. The lowest BCUT2D eigenvalue weighted by Gasteiger charge is -2.46. The van der Waals surface area contributed by atoms with E-state index in [0.717, 1.165) is 23.6 Å². The molecule has 9 heteroatoms. The Morgan fingerprint density at radius 2 is 1.86 bits per heavy atom. The normalized spacial score (nSPS) is 25.1. The third kappa shape index (κ3) is 2.97. The summed E-state index contributed by atoms with van der Waals surface area (Å²) in [5, 5.41) is 5.50. The fourth-order valence-electron chi connectivity index (χ4n) is 4.39. The first-order valence-electron chi connectivity index (χ1n) is 9.92. The van der Waals surface area contributed by atoms with Crippen molar-refractivity contribution in [3.8, 4) is 0 Å². The number of nitrogens with one attached hydrogen (secondary N) is 2. The number of benzene rings is 1. The van der Waals surface area contributed by atoms with Crippen molar-refractivity contribution in [3.05, 3.63) is 34.9 Å². The van der Waals surface area contributed by atoms with Crippen LogP contribution in [-0.4, -0.2) is 77.9 Å². The Labute approximate surface area is 167 Å². The number of carbonyl (C=O) groups is 4. The summed E-state index contributed by atoms with van der Waals surface area (Å²) in [6.45, 7) is 3.66. The number of imide groups is 2. The van der Waals surface area contributed by atoms with Crippen molar-refractivity contribution in [2.75, 3.05) is 26.3 Å². The van der Waals surface area contributed by atoms with Crippen LogP contribution in [0.1, 0.15) is 39.1 Å². The van der Waals surface area contributed by atoms with Gasteiger partial charge in [-0.3, -0.25) is 34.3 Å². The highest BCUT2D eigenvalue weighted by atomic mass is 16.5. The summed E-state index contributed by atoms with van der Waals surface area (Å²) in [5.74, 6) is -1.89. The molecule has 1 atom stereocenters. The molecule has 1 unspecified atom stereocenters. The molecular formula is C20H22N4O5. The molecular weight excluding hydrogens is 376 g/mol. The molecule has 9 nitrogen and oxygen atoms in total. The molecule has 0 bridgehead atoms. The van der Waals surface area contributed by atoms with Gasteiger partial charge in [0.25, 0.3) is 11.8 Å². The fraction of sp³-hybridized carbons (Fsp3) is 0.500. The Morgan fingerprint density at radius 3 is 2.48 bits per heavy atom. The van der Waals surface area contributed by atoms with Gasteiger partial charge in [0.05, 0.1) is 30.4 Å². The van der Waals surface area contributed by atoms with Crippen molar-refractivity contribution < 1.29 is 23.9 Å². The van der Waals surface area contributed by atoms with Gasteiger partial charge >= 0.3 is 0 Å². The van der Waals surface area contributed by atoms with E-state index in [1.54, 1.807) is 12.1 Å². The highest BCUT2D eigenvalue weighted by Gasteiger charge is 2.46. The van der Waals surface area contributed by atoms with Crippen LogP contribution in [0.25, 0.3) is 0 Å². The Hall–Kier alpha value is -2.62. The molecule has 3 saturated heterocycles. The van der Waals surface area contributed by atoms with Crippen molar-refractivity contribution in [2.45, 2.75) is 37.5 Å². The van der Waals surface area contributed by atoms with Gasteiger partial charge in [-0.1, -0.05) is 12.1 Å². The van der Waals surface area contributed by atoms with Crippen molar-refractivity contribution in [2.24, 2.45) is 0 Å². The topological polar surface area (TPSA) is 108 Å². The highest BCUT2D eigenvalue weighted by Crippen LogP contribution is 2.31. The second-order valence-corrected chi connectivity index (χ2v) is 7.96. The minimum Gasteiger partial charge on any atom is -0.378 e. The molecule has 0 aromatic heterocycles. The van der Waals surface area contributed by atoms with Gasteiger partial charge in [0.2, 0.25) is 11.8 Å². The number of hydrogen-bond donors (Lipinski definition) is 2. The molecule has 152 valence electrons. The summed E-state index contributed by atoms with van der Waals surface area (Å²) in [7, 11) is 0. The molecule has 1 aromatic carbocycles. The van der Waals surface area contributed by atoms with E-state index in [4.69, 9.17) is 4.74 Å². The molecule has 0 spiro atoms. The van der Waals surface area contributed by atoms with Gasteiger partial charge in [-0.25, -0.2) is 0 Å². The van der Waals surface area contributed by atoms with Gasteiger partial charge in [0, 0.05) is 32.1 Å². The van der Waals surface area contributed by atoms with Gasteiger partial charge in [-0.2, -0.15) is 0 Å². The van der Waals surface area contributed by atoms with Crippen molar-refractivity contribution in [3.63, 3.8) is 0 Å². The number of amides is 4. The molecule has 4 aliphatic rings. The minimum absolute atomic E-state index is 0.112. The molecule has 29 heavy (non-hydrogen) atoms. The number of piperidine rings is 1. The van der Waals surface area contributed by atoms with Crippen LogP contribution in [0.5, 0.6) is 0 Å². The predicted molar refractivity (Wildman–Crippen MR) is 99.9 cm³/mol. The molecule has 4 amide bonds. The molecule has 0 aliphatic carbocycles. The van der Waals surface area contributed by atoms with E-state index in [1.807, 2.05) is 6.07 Å². The maximum atomic E-state index is 13.2. The fourth-order valence-corrected chi connectivity index (χ4v) is 4.39. The standard InChI is InChI=1S/C20H22N4O5/c25-16-5-4-15(18(26)22-16)24-19(27)14-3-1-2-11(17(14)20(24)28)8-23(12-6-21-7-12)13-9-29-10-13/h1-3,12-13,15,21H,4-10H2,(H,22,25,26). The average molecular weight is 398 g/mol. The lowest BCUT2D eigenvalue weighted by atomic mass is 9.99. The summed E-state index contributed by atoms with van der Waals surface area (Å²) in [5.41, 5.74) is 1.49. The van der Waals surface area contributed by atoms with E-state index in [9.17, 15) is 19.2 Å². The largest absolute Gasteiger partial charge is 0.378 e. The van der Waals surface area contributed by atoms with Gasteiger partial charge in [-0.15, -0.1) is 0 Å². The number of hydrogen-bond acceptors (Lipinski definition) is 7. The van der Waals surface area contributed by atoms with Crippen LogP contribution in [0.4, 0.5) is 0 Å². The third-order valence-corrected chi connectivity index (χ3v) is 6.23. The number of carbonyl (C=O) groups excluding carboxylic acids is 4. The van der Waals surface area contributed by atoms with E-state index >= 15 is 0 Å². The Balaban J connectivity index is 1.44. The number of fused-ring (bicyclic) bond motifs is 1. The molecule has 0 saturated carbocycles. The zero-order chi connectivity index (χ0) is 20.1. The Kier molecular flexibility index (Phi) is 4.45. The van der Waals surface area contributed by atoms with Crippen molar-refractivity contribution in [1.29, 1.82) is 0 Å². The zero-order valence-electron chi connectivity index (χ0n) is 15.8. The first kappa shape index (κ1) is 18.4. The maximum Gasteiger partial charge on any atom is 0.262 e. The molecule has 4 aliphatic heterocycles. The van der Waals surface area contributed by atoms with E-state index in [2.05, 4.69) is 15.5 Å². The minimum atomic E-state index is -0.945. The van der Waals surface area contributed by atoms with Gasteiger partial charge in [0.15, 0.2) is 0 Å². The SMILES string of the molecule is O=C1CCC(N2C(=O)c3cccc(CN(C4CNC4)C4COC4)c3C2=O)C(=O)N1. The summed E-state index contributed by atoms with van der Waals surface area (Å²) in [6.07, 6.45) is 0.269. The lowest BCUT2D eigenvalue weighted by Crippen LogP contribution is -2.63. The monoisotopic (exact) mass is 398 g/mol. The van der Waals surface area contributed by atoms with Crippen molar-refractivity contribution in [1.82, 2.24) is 20.4 Å². The van der Waals surface area contributed by atoms with E-state index in [0.29, 0.717) is 43.0 Å². The average Bonchev–Trinajstić information content (AvgIpc) is 2.84. The second kappa shape index (κ2) is 7.01. The Bertz CT molecular complexity index is 894. The van der Waals surface area contributed by atoms with E-state index in [-0.39, 0.29) is 18.7 Å². The van der Waals surface area contributed by atoms with Crippen LogP contribution in [0.15, 0.2) is 18.2 Å². The zero-order valence-corrected chi connectivity index (χ0v) is 15.8. The highest BCUT2D eigenvalue weighted by molar-refractivity contribution is 6.24. The van der Waals surface area contributed by atoms with E-state index < -0.39 is 23.8 Å². The summed E-state index contributed by atoms with van der Waals surface area (Å²) in [6, 6.07) is 5.01. The predicted octanol–water partition coefficient (Wildman–Crippen LogP) is -0.740. The van der Waals surface area contributed by atoms with Crippen LogP contribution in [-0.2, 0) is 20.9 Å². The van der Waals surface area contributed by atoms with E-state index in [1.165, 1.54) is 0 Å². The van der Waals surface area contributed by atoms with Crippen LogP contribution >= 0.6 is 0 Å². The summed E-state index contributed by atoms with van der Waals surface area (Å²) in [4.78, 5) is 53.3. The molecule has 4 heterocycles. The Morgan fingerprint density at radius 1 is 1.07 bits per heavy atom. The summed E-state index contributed by atoms with van der Waals surface area (Å²) < 4.78 is 5.36. The summed E-state index contributed by atoms with van der Waals surface area (Å²) >= 11 is 0. The molecule has 2 N–H and O–H groups in total. The van der Waals surface area contributed by atoms with Crippen LogP contribution in [0.3, 0.4) is 0 Å². The van der Waals surface area contributed by atoms with Crippen LogP contribution in [0.2, 0.25) is 0 Å². The maximum absolute atomic E-state index is 13.2. The third-order valence-electron chi connectivity index (χ3n) is 6.23. The van der Waals surface area contributed by atoms with Crippen LogP contribution < -0.4 is 10.6 Å². The van der Waals surface area contributed by atoms with Gasteiger partial charge in [0.1, 0.15) is 6.04 Å². The molecule has 1 aromatic rings. The number of nitrogens with zero attached hydrogens (tertiary/aromatic N) is 2. The number of ether oxygens (including phenoxy) is 1. The first-order chi connectivity index (χ1) is 14.0. The second-order valence-electron chi connectivity index (χ2n) is 7.96. The van der Waals surface area contributed by atoms with Crippen LogP contribution in [0, 0.1) is 0 Å². The molecule has 3 fully saturated rings. The molecule has 0 radical (unpaired) electrons. The first-order valence-corrected chi connectivity index (χ1v) is 9.92. The lowest BCUT2D eigenvalue weighted by molar-refractivity contribution is -0.136. The molecule has 5 rings (SSSR count).